The van der Waals surface area contributed by atoms with Crippen molar-refractivity contribution in [3.63, 3.8) is 0 Å². The fraction of sp³-hybridized carbons (Fsp3) is 0.818. The number of urea groups is 1. The van der Waals surface area contributed by atoms with E-state index in [0.717, 1.165) is 0 Å². The summed E-state index contributed by atoms with van der Waals surface area (Å²) in [5.74, 6) is -2.16. The van der Waals surface area contributed by atoms with Crippen LogP contribution in [0.4, 0.5) is 18.0 Å². The Morgan fingerprint density at radius 1 is 1.11 bits per heavy atom. The highest BCUT2D eigenvalue weighted by molar-refractivity contribution is 5.86. The van der Waals surface area contributed by atoms with E-state index in [0.29, 0.717) is 13.3 Å². The van der Waals surface area contributed by atoms with Crippen molar-refractivity contribution in [1.29, 1.82) is 0 Å². The Balaban J connectivity index is 4.56. The minimum Gasteiger partial charge on any atom is -0.479 e. The molecular formula is C11H19F3N2O3. The molecule has 0 aromatic rings. The third kappa shape index (κ3) is 5.35. The Morgan fingerprint density at radius 3 is 1.89 bits per heavy atom. The molecule has 2 amide bonds. The normalized spacial score (nSPS) is 15.5. The summed E-state index contributed by atoms with van der Waals surface area (Å²) < 4.78 is 37.8. The Hall–Kier alpha value is -1.47. The van der Waals surface area contributed by atoms with Crippen molar-refractivity contribution in [3.05, 3.63) is 0 Å². The molecule has 0 spiro atoms. The molecule has 0 aliphatic rings. The van der Waals surface area contributed by atoms with E-state index in [1.54, 1.807) is 0 Å². The van der Waals surface area contributed by atoms with Gasteiger partial charge in [0.15, 0.2) is 0 Å². The van der Waals surface area contributed by atoms with Gasteiger partial charge in [-0.2, -0.15) is 13.2 Å². The van der Waals surface area contributed by atoms with E-state index < -0.39 is 23.7 Å². The smallest absolute Gasteiger partial charge is 0.422 e. The number of alkyl halides is 3. The second-order valence-electron chi connectivity index (χ2n) is 5.62. The summed E-state index contributed by atoms with van der Waals surface area (Å²) in [6, 6.07) is -1.16. The van der Waals surface area contributed by atoms with Crippen molar-refractivity contribution < 1.29 is 27.9 Å². The van der Waals surface area contributed by atoms with E-state index in [9.17, 15) is 22.8 Å². The molecule has 0 aromatic heterocycles. The molecule has 0 aliphatic carbocycles. The molecule has 0 rings (SSSR count). The van der Waals surface area contributed by atoms with Gasteiger partial charge in [0.1, 0.15) is 0 Å². The number of amides is 2. The van der Waals surface area contributed by atoms with Crippen LogP contribution in [0.3, 0.4) is 0 Å². The van der Waals surface area contributed by atoms with Crippen molar-refractivity contribution in [1.82, 2.24) is 10.6 Å². The van der Waals surface area contributed by atoms with Gasteiger partial charge in [0, 0.05) is 6.54 Å². The first-order valence-electron chi connectivity index (χ1n) is 5.66. The molecule has 5 nitrogen and oxygen atoms in total. The third-order valence-electron chi connectivity index (χ3n) is 2.52. The molecule has 0 fully saturated rings. The van der Waals surface area contributed by atoms with Crippen LogP contribution in [-0.2, 0) is 4.79 Å². The number of carboxylic acids is 1. The Kier molecular flexibility index (Phi) is 5.23. The number of aliphatic carboxylic acids is 1. The molecule has 0 radical (unpaired) electrons. The number of halogens is 3. The van der Waals surface area contributed by atoms with Crippen LogP contribution in [0.1, 0.15) is 34.1 Å². The van der Waals surface area contributed by atoms with Gasteiger partial charge in [0.25, 0.3) is 0 Å². The number of rotatable bonds is 4. The maximum Gasteiger partial charge on any atom is 0.422 e. The van der Waals surface area contributed by atoms with Crippen LogP contribution in [0.2, 0.25) is 0 Å². The topological polar surface area (TPSA) is 78.4 Å². The zero-order valence-electron chi connectivity index (χ0n) is 11.3. The average Bonchev–Trinajstić information content (AvgIpc) is 2.12. The first-order valence-corrected chi connectivity index (χ1v) is 5.66. The summed E-state index contributed by atoms with van der Waals surface area (Å²) in [5.41, 5.74) is -3.40. The van der Waals surface area contributed by atoms with Gasteiger partial charge in [0.2, 0.25) is 5.54 Å². The molecule has 8 heteroatoms. The Bertz CT molecular complexity index is 350. The van der Waals surface area contributed by atoms with Crippen molar-refractivity contribution >= 4 is 12.0 Å². The minimum atomic E-state index is -5.08. The summed E-state index contributed by atoms with van der Waals surface area (Å²) >= 11 is 0. The van der Waals surface area contributed by atoms with Crippen molar-refractivity contribution in [3.8, 4) is 0 Å². The maximum absolute atomic E-state index is 12.6. The summed E-state index contributed by atoms with van der Waals surface area (Å²) in [4.78, 5) is 22.0. The van der Waals surface area contributed by atoms with Gasteiger partial charge < -0.3 is 15.7 Å². The van der Waals surface area contributed by atoms with Crippen LogP contribution < -0.4 is 10.6 Å². The average molecular weight is 284 g/mol. The fourth-order valence-electron chi connectivity index (χ4n) is 1.07. The SMILES string of the molecule is CC(C)(C)CCNC(=O)NC(C)(C(=O)O)C(F)(F)F. The molecule has 3 N–H and O–H groups in total. The van der Waals surface area contributed by atoms with Gasteiger partial charge in [-0.1, -0.05) is 20.8 Å². The molecule has 0 saturated carbocycles. The van der Waals surface area contributed by atoms with Gasteiger partial charge in [-0.05, 0) is 18.8 Å². The molecule has 112 valence electrons. The first kappa shape index (κ1) is 17.5. The van der Waals surface area contributed by atoms with Gasteiger partial charge in [0.05, 0.1) is 0 Å². The number of hydrogen-bond acceptors (Lipinski definition) is 2. The number of carbonyl (C=O) groups is 2. The highest BCUT2D eigenvalue weighted by atomic mass is 19.4. The van der Waals surface area contributed by atoms with E-state index in [1.807, 2.05) is 20.8 Å². The zero-order valence-corrected chi connectivity index (χ0v) is 11.3. The third-order valence-corrected chi connectivity index (χ3v) is 2.52. The zero-order chi connectivity index (χ0) is 15.5. The van der Waals surface area contributed by atoms with E-state index in [2.05, 4.69) is 5.32 Å². The van der Waals surface area contributed by atoms with Crippen LogP contribution in [0, 0.1) is 5.41 Å². The number of carboxylic acid groups (broad SMARTS) is 1. The van der Waals surface area contributed by atoms with E-state index in [4.69, 9.17) is 5.11 Å². The molecule has 1 atom stereocenters. The molecule has 0 aliphatic heterocycles. The van der Waals surface area contributed by atoms with Crippen molar-refractivity contribution in [2.24, 2.45) is 5.41 Å². The first-order chi connectivity index (χ1) is 8.29. The van der Waals surface area contributed by atoms with Crippen LogP contribution in [-0.4, -0.2) is 35.4 Å². The quantitative estimate of drug-likeness (QED) is 0.740. The van der Waals surface area contributed by atoms with Crippen molar-refractivity contribution in [2.75, 3.05) is 6.54 Å². The molecule has 0 aromatic carbocycles. The lowest BCUT2D eigenvalue weighted by Crippen LogP contribution is -2.63. The van der Waals surface area contributed by atoms with E-state index in [1.165, 1.54) is 5.32 Å². The summed E-state index contributed by atoms with van der Waals surface area (Å²) in [5, 5.41) is 12.3. The Labute approximate surface area is 109 Å². The lowest BCUT2D eigenvalue weighted by Gasteiger charge is -2.28. The molecule has 0 saturated heterocycles. The number of hydrogen-bond donors (Lipinski definition) is 3. The lowest BCUT2D eigenvalue weighted by molar-refractivity contribution is -0.203. The predicted molar refractivity (Wildman–Crippen MR) is 62.7 cm³/mol. The van der Waals surface area contributed by atoms with Gasteiger partial charge in [-0.3, -0.25) is 0 Å². The van der Waals surface area contributed by atoms with Crippen LogP contribution in [0.5, 0.6) is 0 Å². The van der Waals surface area contributed by atoms with E-state index in [-0.39, 0.29) is 12.0 Å². The summed E-state index contributed by atoms with van der Waals surface area (Å²) in [6.07, 6.45) is -4.53. The molecule has 0 bridgehead atoms. The highest BCUT2D eigenvalue weighted by Crippen LogP contribution is 2.30. The van der Waals surface area contributed by atoms with Crippen LogP contribution >= 0.6 is 0 Å². The lowest BCUT2D eigenvalue weighted by atomic mass is 9.92. The predicted octanol–water partition coefficient (Wildman–Crippen LogP) is 2.13. The molecule has 0 heterocycles. The fourth-order valence-corrected chi connectivity index (χ4v) is 1.07. The van der Waals surface area contributed by atoms with Crippen molar-refractivity contribution in [2.45, 2.75) is 45.8 Å². The molecule has 1 unspecified atom stereocenters. The minimum absolute atomic E-state index is 0.0899. The van der Waals surface area contributed by atoms with Gasteiger partial charge >= 0.3 is 18.2 Å². The highest BCUT2D eigenvalue weighted by Gasteiger charge is 2.58. The van der Waals surface area contributed by atoms with E-state index >= 15 is 0 Å². The Morgan fingerprint density at radius 2 is 1.58 bits per heavy atom. The summed E-state index contributed by atoms with van der Waals surface area (Å²) in [7, 11) is 0. The second kappa shape index (κ2) is 5.66. The second-order valence-corrected chi connectivity index (χ2v) is 5.62. The maximum atomic E-state index is 12.6. The molecular weight excluding hydrogens is 265 g/mol. The molecule has 19 heavy (non-hydrogen) atoms. The largest absolute Gasteiger partial charge is 0.479 e. The van der Waals surface area contributed by atoms with Gasteiger partial charge in [-0.25, -0.2) is 9.59 Å². The van der Waals surface area contributed by atoms with Crippen LogP contribution in [0.15, 0.2) is 0 Å². The monoisotopic (exact) mass is 284 g/mol. The summed E-state index contributed by atoms with van der Waals surface area (Å²) in [6.45, 7) is 6.28. The number of carbonyl (C=O) groups excluding carboxylic acids is 1. The van der Waals surface area contributed by atoms with Gasteiger partial charge in [-0.15, -0.1) is 0 Å². The standard InChI is InChI=1S/C11H19F3N2O3/c1-9(2,3)5-6-15-8(19)16-10(4,7(17)18)11(12,13)14/h5-6H2,1-4H3,(H,17,18)(H2,15,16,19). The number of nitrogens with one attached hydrogen (secondary N) is 2. The van der Waals surface area contributed by atoms with Crippen LogP contribution in [0.25, 0.3) is 0 Å².